The van der Waals surface area contributed by atoms with E-state index in [2.05, 4.69) is 20.8 Å². The summed E-state index contributed by atoms with van der Waals surface area (Å²) in [6.45, 7) is 7.89. The van der Waals surface area contributed by atoms with Gasteiger partial charge in [0.1, 0.15) is 5.82 Å². The summed E-state index contributed by atoms with van der Waals surface area (Å²) in [6, 6.07) is 7.43. The third-order valence-corrected chi connectivity index (χ3v) is 5.41. The normalized spacial score (nSPS) is 11.7. The molecule has 5 nitrogen and oxygen atoms in total. The standard InChI is InChI=1S/C20H21FN4OS/c1-5-12(3)24-25-20-22-16-10-11(2)17(13(4)18(16)27-20)23-19(26)14-6-8-15(21)9-7-14/h6-10H,5H2,1-4H3,(H,22,25)(H,23,26)/b24-12+. The minimum absolute atomic E-state index is 0.272. The number of amides is 1. The zero-order chi connectivity index (χ0) is 19.6. The quantitative estimate of drug-likeness (QED) is 0.451. The van der Waals surface area contributed by atoms with Crippen LogP contribution >= 0.6 is 11.3 Å². The molecule has 3 rings (SSSR count). The van der Waals surface area contributed by atoms with E-state index in [0.717, 1.165) is 39.2 Å². The first-order valence-corrected chi connectivity index (χ1v) is 9.47. The molecular formula is C20H21FN4OS. The Balaban J connectivity index is 1.91. The number of hydrogen-bond acceptors (Lipinski definition) is 5. The largest absolute Gasteiger partial charge is 0.321 e. The maximum Gasteiger partial charge on any atom is 0.255 e. The number of aryl methyl sites for hydroxylation is 2. The summed E-state index contributed by atoms with van der Waals surface area (Å²) in [6.07, 6.45) is 0.871. The van der Waals surface area contributed by atoms with Gasteiger partial charge in [0.25, 0.3) is 5.91 Å². The van der Waals surface area contributed by atoms with Gasteiger partial charge in [0.2, 0.25) is 5.13 Å². The van der Waals surface area contributed by atoms with Gasteiger partial charge in [0.05, 0.1) is 10.2 Å². The molecule has 3 aromatic rings. The van der Waals surface area contributed by atoms with E-state index in [4.69, 9.17) is 0 Å². The summed E-state index contributed by atoms with van der Waals surface area (Å²) in [5.41, 5.74) is 7.88. The Morgan fingerprint density at radius 3 is 2.63 bits per heavy atom. The Hall–Kier alpha value is -2.80. The summed E-state index contributed by atoms with van der Waals surface area (Å²) in [4.78, 5) is 17.1. The number of thiazole rings is 1. The van der Waals surface area contributed by atoms with Crippen LogP contribution < -0.4 is 10.7 Å². The topological polar surface area (TPSA) is 66.4 Å². The van der Waals surface area contributed by atoms with Crippen LogP contribution in [0.25, 0.3) is 10.2 Å². The van der Waals surface area contributed by atoms with Crippen molar-refractivity contribution >= 4 is 44.0 Å². The number of nitrogens with one attached hydrogen (secondary N) is 2. The molecule has 1 amide bonds. The van der Waals surface area contributed by atoms with Crippen molar-refractivity contribution in [2.24, 2.45) is 5.10 Å². The molecule has 2 N–H and O–H groups in total. The van der Waals surface area contributed by atoms with Crippen LogP contribution in [0, 0.1) is 19.7 Å². The molecule has 0 aliphatic rings. The highest BCUT2D eigenvalue weighted by molar-refractivity contribution is 7.22. The van der Waals surface area contributed by atoms with Gasteiger partial charge in [-0.25, -0.2) is 9.37 Å². The highest BCUT2D eigenvalue weighted by atomic mass is 32.1. The Bertz CT molecular complexity index is 1020. The second kappa shape index (κ2) is 7.84. The van der Waals surface area contributed by atoms with Crippen LogP contribution in [0.1, 0.15) is 41.8 Å². The van der Waals surface area contributed by atoms with Gasteiger partial charge in [-0.2, -0.15) is 5.10 Å². The number of benzene rings is 2. The smallest absolute Gasteiger partial charge is 0.255 e. The first kappa shape index (κ1) is 19.0. The molecular weight excluding hydrogens is 363 g/mol. The molecule has 27 heavy (non-hydrogen) atoms. The van der Waals surface area contributed by atoms with Crippen molar-refractivity contribution in [2.45, 2.75) is 34.1 Å². The van der Waals surface area contributed by atoms with E-state index in [1.165, 1.54) is 35.6 Å². The highest BCUT2D eigenvalue weighted by Crippen LogP contribution is 2.35. The molecule has 0 aliphatic heterocycles. The lowest BCUT2D eigenvalue weighted by molar-refractivity contribution is 0.102. The van der Waals surface area contributed by atoms with Gasteiger partial charge in [-0.05, 0) is 68.7 Å². The molecule has 0 aliphatic carbocycles. The van der Waals surface area contributed by atoms with Crippen molar-refractivity contribution in [3.63, 3.8) is 0 Å². The molecule has 2 aromatic carbocycles. The second-order valence-corrected chi connectivity index (χ2v) is 7.33. The summed E-state index contributed by atoms with van der Waals surface area (Å²) in [5.74, 6) is -0.641. The van der Waals surface area contributed by atoms with E-state index in [1.54, 1.807) is 0 Å². The number of carbonyl (C=O) groups excluding carboxylic acids is 1. The van der Waals surface area contributed by atoms with Crippen molar-refractivity contribution in [3.05, 3.63) is 52.8 Å². The third-order valence-electron chi connectivity index (χ3n) is 4.32. The molecule has 0 unspecified atom stereocenters. The van der Waals surface area contributed by atoms with E-state index in [1.807, 2.05) is 33.8 Å². The number of halogens is 1. The van der Waals surface area contributed by atoms with Gasteiger partial charge < -0.3 is 5.32 Å². The van der Waals surface area contributed by atoms with Crippen LogP contribution in [0.15, 0.2) is 35.4 Å². The van der Waals surface area contributed by atoms with Crippen LogP contribution in [-0.4, -0.2) is 16.6 Å². The first-order chi connectivity index (χ1) is 12.9. The molecule has 140 valence electrons. The molecule has 0 saturated heterocycles. The van der Waals surface area contributed by atoms with Crippen molar-refractivity contribution in [1.82, 2.24) is 4.98 Å². The maximum absolute atomic E-state index is 13.1. The Morgan fingerprint density at radius 1 is 1.26 bits per heavy atom. The van der Waals surface area contributed by atoms with Gasteiger partial charge >= 0.3 is 0 Å². The molecule has 0 bridgehead atoms. The molecule has 0 saturated carbocycles. The Morgan fingerprint density at radius 2 is 1.96 bits per heavy atom. The first-order valence-electron chi connectivity index (χ1n) is 8.66. The number of nitrogens with zero attached hydrogens (tertiary/aromatic N) is 2. The lowest BCUT2D eigenvalue weighted by Crippen LogP contribution is -2.13. The highest BCUT2D eigenvalue weighted by Gasteiger charge is 2.15. The average Bonchev–Trinajstić information content (AvgIpc) is 3.06. The van der Waals surface area contributed by atoms with Gasteiger partial charge in [-0.15, -0.1) is 0 Å². The maximum atomic E-state index is 13.1. The van der Waals surface area contributed by atoms with E-state index in [0.29, 0.717) is 10.7 Å². The third kappa shape index (κ3) is 4.14. The van der Waals surface area contributed by atoms with E-state index in [-0.39, 0.29) is 11.7 Å². The lowest BCUT2D eigenvalue weighted by atomic mass is 10.1. The van der Waals surface area contributed by atoms with Gasteiger partial charge in [0.15, 0.2) is 0 Å². The zero-order valence-corrected chi connectivity index (χ0v) is 16.5. The predicted octanol–water partition coefficient (Wildman–Crippen LogP) is 5.50. The van der Waals surface area contributed by atoms with Crippen LogP contribution in [-0.2, 0) is 0 Å². The number of aromatic nitrogens is 1. The molecule has 0 spiro atoms. The number of carbonyl (C=O) groups is 1. The number of fused-ring (bicyclic) bond motifs is 1. The van der Waals surface area contributed by atoms with Crippen LogP contribution in [0.4, 0.5) is 15.2 Å². The Kier molecular flexibility index (Phi) is 5.51. The number of anilines is 2. The van der Waals surface area contributed by atoms with E-state index < -0.39 is 0 Å². The molecule has 0 atom stereocenters. The molecule has 0 fully saturated rings. The van der Waals surface area contributed by atoms with E-state index >= 15 is 0 Å². The van der Waals surface area contributed by atoms with E-state index in [9.17, 15) is 9.18 Å². The number of hydrazone groups is 1. The SMILES string of the molecule is CC/C(C)=N/Nc1nc2cc(C)c(NC(=O)c3ccc(F)cc3)c(C)c2s1. The molecule has 7 heteroatoms. The van der Waals surface area contributed by atoms with Gasteiger partial charge in [0, 0.05) is 17.0 Å². The van der Waals surface area contributed by atoms with Gasteiger partial charge in [-0.1, -0.05) is 18.3 Å². The minimum Gasteiger partial charge on any atom is -0.321 e. The van der Waals surface area contributed by atoms with Crippen LogP contribution in [0.2, 0.25) is 0 Å². The van der Waals surface area contributed by atoms with Crippen molar-refractivity contribution in [2.75, 3.05) is 10.7 Å². The fourth-order valence-corrected chi connectivity index (χ4v) is 3.53. The molecule has 1 aromatic heterocycles. The predicted molar refractivity (Wildman–Crippen MR) is 110 cm³/mol. The van der Waals surface area contributed by atoms with Crippen molar-refractivity contribution < 1.29 is 9.18 Å². The average molecular weight is 384 g/mol. The van der Waals surface area contributed by atoms with Crippen LogP contribution in [0.3, 0.4) is 0 Å². The molecule has 1 heterocycles. The number of hydrogen-bond donors (Lipinski definition) is 2. The van der Waals surface area contributed by atoms with Crippen LogP contribution in [0.5, 0.6) is 0 Å². The van der Waals surface area contributed by atoms with Crippen molar-refractivity contribution in [1.29, 1.82) is 0 Å². The summed E-state index contributed by atoms with van der Waals surface area (Å²) in [7, 11) is 0. The number of rotatable bonds is 5. The summed E-state index contributed by atoms with van der Waals surface area (Å²) >= 11 is 1.49. The summed E-state index contributed by atoms with van der Waals surface area (Å²) < 4.78 is 14.1. The molecule has 0 radical (unpaired) electrons. The van der Waals surface area contributed by atoms with Gasteiger partial charge in [-0.3, -0.25) is 10.2 Å². The Labute approximate surface area is 161 Å². The lowest BCUT2D eigenvalue weighted by Gasteiger charge is -2.12. The monoisotopic (exact) mass is 384 g/mol. The minimum atomic E-state index is -0.369. The zero-order valence-electron chi connectivity index (χ0n) is 15.7. The fourth-order valence-electron chi connectivity index (χ4n) is 2.63. The van der Waals surface area contributed by atoms with Crippen molar-refractivity contribution in [3.8, 4) is 0 Å². The second-order valence-electron chi connectivity index (χ2n) is 6.33. The fraction of sp³-hybridized carbons (Fsp3) is 0.250. The summed E-state index contributed by atoms with van der Waals surface area (Å²) in [5, 5.41) is 7.95.